The van der Waals surface area contributed by atoms with E-state index in [2.05, 4.69) is 4.98 Å². The maximum atomic E-state index is 12.9. The summed E-state index contributed by atoms with van der Waals surface area (Å²) < 4.78 is 5.11. The number of carboxylic acid groups (broad SMARTS) is 1. The van der Waals surface area contributed by atoms with E-state index >= 15 is 0 Å². The number of H-pyrrole nitrogens is 1. The number of nitrogens with zero attached hydrogens (tertiary/aromatic N) is 1. The zero-order valence-electron chi connectivity index (χ0n) is 13.0. The first-order chi connectivity index (χ1) is 11.1. The summed E-state index contributed by atoms with van der Waals surface area (Å²) in [4.78, 5) is 29.3. The summed E-state index contributed by atoms with van der Waals surface area (Å²) in [5.41, 5.74) is 0.341. The third-order valence-electron chi connectivity index (χ3n) is 4.56. The number of methoxy groups -OCH3 is 1. The minimum absolute atomic E-state index is 0.110. The van der Waals surface area contributed by atoms with Crippen molar-refractivity contribution in [2.24, 2.45) is 5.41 Å². The summed E-state index contributed by atoms with van der Waals surface area (Å²) in [6, 6.07) is 7.46. The van der Waals surface area contributed by atoms with Gasteiger partial charge in [0.25, 0.3) is 5.91 Å². The van der Waals surface area contributed by atoms with E-state index in [-0.39, 0.29) is 19.1 Å². The van der Waals surface area contributed by atoms with Gasteiger partial charge in [0, 0.05) is 31.8 Å². The van der Waals surface area contributed by atoms with Gasteiger partial charge < -0.3 is 19.7 Å². The molecular formula is C17H20N2O4. The topological polar surface area (TPSA) is 82.6 Å². The Balaban J connectivity index is 1.90. The van der Waals surface area contributed by atoms with Gasteiger partial charge in [-0.3, -0.25) is 9.59 Å². The molecule has 1 amide bonds. The molecule has 122 valence electrons. The SMILES string of the molecule is COCC1(C(=O)O)CCCN(C(=O)c2cccc3cc[nH]c23)C1. The summed E-state index contributed by atoms with van der Waals surface area (Å²) in [5.74, 6) is -1.05. The molecule has 6 heteroatoms. The van der Waals surface area contributed by atoms with Crippen LogP contribution in [-0.4, -0.2) is 53.7 Å². The second-order valence-electron chi connectivity index (χ2n) is 6.10. The smallest absolute Gasteiger partial charge is 0.313 e. The van der Waals surface area contributed by atoms with E-state index in [9.17, 15) is 14.7 Å². The van der Waals surface area contributed by atoms with Crippen LogP contribution in [0.5, 0.6) is 0 Å². The molecule has 1 aromatic carbocycles. The minimum atomic E-state index is -1.02. The molecule has 6 nitrogen and oxygen atoms in total. The Kier molecular flexibility index (Phi) is 4.09. The Morgan fingerprint density at radius 3 is 2.96 bits per heavy atom. The molecule has 1 unspecified atom stereocenters. The first kappa shape index (κ1) is 15.6. The number of para-hydroxylation sites is 1. The van der Waals surface area contributed by atoms with E-state index in [4.69, 9.17) is 4.74 Å². The highest BCUT2D eigenvalue weighted by atomic mass is 16.5. The zero-order chi connectivity index (χ0) is 16.4. The highest BCUT2D eigenvalue weighted by molar-refractivity contribution is 6.05. The molecule has 1 saturated heterocycles. The predicted octanol–water partition coefficient (Wildman–Crippen LogP) is 2.12. The number of hydrogen-bond donors (Lipinski definition) is 2. The second-order valence-corrected chi connectivity index (χ2v) is 6.10. The van der Waals surface area contributed by atoms with Crippen LogP contribution >= 0.6 is 0 Å². The van der Waals surface area contributed by atoms with Crippen LogP contribution in [0.4, 0.5) is 0 Å². The average molecular weight is 316 g/mol. The Morgan fingerprint density at radius 1 is 1.39 bits per heavy atom. The Bertz CT molecular complexity index is 735. The van der Waals surface area contributed by atoms with Crippen LogP contribution in [0.15, 0.2) is 30.5 Å². The third-order valence-corrected chi connectivity index (χ3v) is 4.56. The van der Waals surface area contributed by atoms with E-state index < -0.39 is 11.4 Å². The lowest BCUT2D eigenvalue weighted by atomic mass is 9.80. The van der Waals surface area contributed by atoms with Crippen LogP contribution in [0.25, 0.3) is 10.9 Å². The molecular weight excluding hydrogens is 296 g/mol. The van der Waals surface area contributed by atoms with Gasteiger partial charge >= 0.3 is 5.97 Å². The standard InChI is InChI=1S/C17H20N2O4/c1-23-11-17(16(21)22)7-3-9-19(10-17)15(20)13-5-2-4-12-6-8-18-14(12)13/h2,4-6,8,18H,3,7,9-11H2,1H3,(H,21,22). The Morgan fingerprint density at radius 2 is 2.22 bits per heavy atom. The molecule has 1 fully saturated rings. The number of hydrogen-bond acceptors (Lipinski definition) is 3. The molecule has 0 bridgehead atoms. The van der Waals surface area contributed by atoms with E-state index in [0.717, 1.165) is 10.9 Å². The van der Waals surface area contributed by atoms with Gasteiger partial charge in [-0.25, -0.2) is 0 Å². The predicted molar refractivity (Wildman–Crippen MR) is 85.4 cm³/mol. The van der Waals surface area contributed by atoms with Gasteiger partial charge in [-0.1, -0.05) is 12.1 Å². The van der Waals surface area contributed by atoms with E-state index in [0.29, 0.717) is 24.9 Å². The fourth-order valence-corrected chi connectivity index (χ4v) is 3.37. The molecule has 0 saturated carbocycles. The molecule has 3 rings (SSSR count). The number of piperidine rings is 1. The number of aromatic nitrogens is 1. The molecule has 1 aromatic heterocycles. The average Bonchev–Trinajstić information content (AvgIpc) is 3.03. The van der Waals surface area contributed by atoms with Crippen molar-refractivity contribution in [3.63, 3.8) is 0 Å². The number of carbonyl (C=O) groups is 2. The first-order valence-corrected chi connectivity index (χ1v) is 7.65. The number of ether oxygens (including phenoxy) is 1. The van der Waals surface area contributed by atoms with Crippen molar-refractivity contribution < 1.29 is 19.4 Å². The van der Waals surface area contributed by atoms with Crippen molar-refractivity contribution in [2.45, 2.75) is 12.8 Å². The highest BCUT2D eigenvalue weighted by Crippen LogP contribution is 2.32. The van der Waals surface area contributed by atoms with Gasteiger partial charge in [-0.2, -0.15) is 0 Å². The van der Waals surface area contributed by atoms with Crippen molar-refractivity contribution in [1.29, 1.82) is 0 Å². The summed E-state index contributed by atoms with van der Waals surface area (Å²) >= 11 is 0. The van der Waals surface area contributed by atoms with E-state index in [1.54, 1.807) is 17.2 Å². The van der Waals surface area contributed by atoms with Crippen LogP contribution in [-0.2, 0) is 9.53 Å². The van der Waals surface area contributed by atoms with Gasteiger partial charge in [0.15, 0.2) is 0 Å². The lowest BCUT2D eigenvalue weighted by Crippen LogP contribution is -2.52. The van der Waals surface area contributed by atoms with Crippen molar-refractivity contribution in [3.8, 4) is 0 Å². The van der Waals surface area contributed by atoms with Gasteiger partial charge in [-0.15, -0.1) is 0 Å². The van der Waals surface area contributed by atoms with Crippen LogP contribution < -0.4 is 0 Å². The molecule has 0 aliphatic carbocycles. The number of amides is 1. The van der Waals surface area contributed by atoms with Crippen molar-refractivity contribution in [2.75, 3.05) is 26.8 Å². The first-order valence-electron chi connectivity index (χ1n) is 7.65. The molecule has 2 N–H and O–H groups in total. The summed E-state index contributed by atoms with van der Waals surface area (Å²) in [7, 11) is 1.49. The maximum Gasteiger partial charge on any atom is 0.313 e. The largest absolute Gasteiger partial charge is 0.481 e. The van der Waals surface area contributed by atoms with Gasteiger partial charge in [-0.05, 0) is 25.0 Å². The molecule has 2 heterocycles. The van der Waals surface area contributed by atoms with Gasteiger partial charge in [0.05, 0.1) is 17.7 Å². The van der Waals surface area contributed by atoms with E-state index in [1.165, 1.54) is 7.11 Å². The second kappa shape index (κ2) is 6.04. The lowest BCUT2D eigenvalue weighted by Gasteiger charge is -2.39. The Hall–Kier alpha value is -2.34. The number of aliphatic carboxylic acids is 1. The van der Waals surface area contributed by atoms with E-state index in [1.807, 2.05) is 18.2 Å². The quantitative estimate of drug-likeness (QED) is 0.905. The minimum Gasteiger partial charge on any atom is -0.481 e. The summed E-state index contributed by atoms with van der Waals surface area (Å²) in [6.07, 6.45) is 2.97. The molecule has 1 aliphatic heterocycles. The number of rotatable bonds is 4. The molecule has 0 radical (unpaired) electrons. The van der Waals surface area contributed by atoms with Crippen LogP contribution in [0.2, 0.25) is 0 Å². The molecule has 0 spiro atoms. The third kappa shape index (κ3) is 2.70. The highest BCUT2D eigenvalue weighted by Gasteiger charge is 2.44. The number of carboxylic acids is 1. The monoisotopic (exact) mass is 316 g/mol. The lowest BCUT2D eigenvalue weighted by molar-refractivity contribution is -0.155. The number of benzene rings is 1. The fraction of sp³-hybridized carbons (Fsp3) is 0.412. The van der Waals surface area contributed by atoms with Crippen LogP contribution in [0.3, 0.4) is 0 Å². The van der Waals surface area contributed by atoms with Crippen molar-refractivity contribution in [1.82, 2.24) is 9.88 Å². The number of likely N-dealkylation sites (tertiary alicyclic amines) is 1. The number of aromatic amines is 1. The van der Waals surface area contributed by atoms with Crippen LogP contribution in [0, 0.1) is 5.41 Å². The number of carbonyl (C=O) groups excluding carboxylic acids is 1. The normalized spacial score (nSPS) is 21.5. The van der Waals surface area contributed by atoms with Gasteiger partial charge in [0.2, 0.25) is 0 Å². The molecule has 1 atom stereocenters. The summed E-state index contributed by atoms with van der Waals surface area (Å²) in [6.45, 7) is 0.847. The molecule has 23 heavy (non-hydrogen) atoms. The number of nitrogens with one attached hydrogen (secondary N) is 1. The van der Waals surface area contributed by atoms with Crippen molar-refractivity contribution in [3.05, 3.63) is 36.0 Å². The Labute approximate surface area is 134 Å². The molecule has 1 aliphatic rings. The van der Waals surface area contributed by atoms with Crippen molar-refractivity contribution >= 4 is 22.8 Å². The summed E-state index contributed by atoms with van der Waals surface area (Å²) in [5, 5.41) is 10.6. The van der Waals surface area contributed by atoms with Crippen LogP contribution in [0.1, 0.15) is 23.2 Å². The zero-order valence-corrected chi connectivity index (χ0v) is 13.0. The molecule has 2 aromatic rings. The van der Waals surface area contributed by atoms with Gasteiger partial charge in [0.1, 0.15) is 5.41 Å². The number of fused-ring (bicyclic) bond motifs is 1. The fourth-order valence-electron chi connectivity index (χ4n) is 3.37. The maximum absolute atomic E-state index is 12.9.